The van der Waals surface area contributed by atoms with Crippen molar-refractivity contribution in [3.8, 4) is 0 Å². The number of allylic oxidation sites excluding steroid dienone is 1. The molecular formula is C14H26O3. The van der Waals surface area contributed by atoms with Crippen molar-refractivity contribution in [2.75, 3.05) is 13.2 Å². The van der Waals surface area contributed by atoms with Gasteiger partial charge in [0.15, 0.2) is 0 Å². The van der Waals surface area contributed by atoms with Gasteiger partial charge in [-0.2, -0.15) is 0 Å². The van der Waals surface area contributed by atoms with Crippen molar-refractivity contribution < 1.29 is 14.6 Å². The first-order valence-corrected chi connectivity index (χ1v) is 6.21. The Balaban J connectivity index is 3.90. The van der Waals surface area contributed by atoms with Gasteiger partial charge in [0.05, 0.1) is 5.41 Å². The molecule has 0 aliphatic heterocycles. The fraction of sp³-hybridized carbons (Fsp3) is 0.786. The molecule has 0 saturated heterocycles. The van der Waals surface area contributed by atoms with Crippen molar-refractivity contribution in [3.63, 3.8) is 0 Å². The highest BCUT2D eigenvalue weighted by molar-refractivity contribution is 5.75. The molecule has 100 valence electrons. The van der Waals surface area contributed by atoms with E-state index in [1.807, 2.05) is 34.6 Å². The van der Waals surface area contributed by atoms with Crippen LogP contribution in [0.2, 0.25) is 0 Å². The summed E-state index contributed by atoms with van der Waals surface area (Å²) >= 11 is 0. The molecule has 0 aromatic heterocycles. The Bertz CT molecular complexity index is 261. The third-order valence-corrected chi connectivity index (χ3v) is 2.51. The van der Waals surface area contributed by atoms with Crippen LogP contribution in [0.15, 0.2) is 11.6 Å². The van der Waals surface area contributed by atoms with Crippen molar-refractivity contribution in [3.05, 3.63) is 11.6 Å². The van der Waals surface area contributed by atoms with Gasteiger partial charge in [-0.1, -0.05) is 13.0 Å². The molecule has 0 aliphatic carbocycles. The van der Waals surface area contributed by atoms with Gasteiger partial charge in [0.25, 0.3) is 0 Å². The molecule has 0 aliphatic rings. The molecule has 0 fully saturated rings. The van der Waals surface area contributed by atoms with E-state index in [1.165, 1.54) is 0 Å². The molecule has 3 nitrogen and oxygen atoms in total. The van der Waals surface area contributed by atoms with Gasteiger partial charge in [-0.25, -0.2) is 0 Å². The van der Waals surface area contributed by atoms with Crippen LogP contribution in [0, 0.1) is 11.3 Å². The predicted molar refractivity (Wildman–Crippen MR) is 69.7 cm³/mol. The van der Waals surface area contributed by atoms with E-state index in [0.29, 0.717) is 12.5 Å². The maximum absolute atomic E-state index is 11.5. The van der Waals surface area contributed by atoms with Crippen LogP contribution in [-0.2, 0) is 9.53 Å². The first-order valence-electron chi connectivity index (χ1n) is 6.21. The summed E-state index contributed by atoms with van der Waals surface area (Å²) in [4.78, 5) is 11.5. The first-order chi connectivity index (χ1) is 7.77. The average Bonchev–Trinajstić information content (AvgIpc) is 2.24. The third kappa shape index (κ3) is 7.97. The lowest BCUT2D eigenvalue weighted by Crippen LogP contribution is -2.23. The van der Waals surface area contributed by atoms with Crippen LogP contribution in [0.5, 0.6) is 0 Å². The number of esters is 1. The maximum atomic E-state index is 11.5. The molecule has 0 saturated carbocycles. The maximum Gasteiger partial charge on any atom is 0.311 e. The van der Waals surface area contributed by atoms with Gasteiger partial charge in [-0.05, 0) is 52.0 Å². The predicted octanol–water partition coefficient (Wildman–Crippen LogP) is 2.93. The minimum atomic E-state index is -0.439. The molecule has 0 heterocycles. The van der Waals surface area contributed by atoms with E-state index in [-0.39, 0.29) is 12.6 Å². The van der Waals surface area contributed by atoms with Gasteiger partial charge >= 0.3 is 5.97 Å². The molecule has 0 amide bonds. The number of rotatable bonds is 6. The van der Waals surface area contributed by atoms with E-state index in [1.54, 1.807) is 0 Å². The number of carbonyl (C=O) groups excluding carboxylic acids is 1. The van der Waals surface area contributed by atoms with Crippen molar-refractivity contribution in [1.29, 1.82) is 0 Å². The van der Waals surface area contributed by atoms with E-state index in [2.05, 4.69) is 6.08 Å². The van der Waals surface area contributed by atoms with E-state index in [4.69, 9.17) is 9.84 Å². The summed E-state index contributed by atoms with van der Waals surface area (Å²) in [5.41, 5.74) is 0.624. The minimum absolute atomic E-state index is 0.172. The average molecular weight is 242 g/mol. The third-order valence-electron chi connectivity index (χ3n) is 2.51. The summed E-state index contributed by atoms with van der Waals surface area (Å²) in [5, 5.41) is 8.88. The summed E-state index contributed by atoms with van der Waals surface area (Å²) in [7, 11) is 0. The fourth-order valence-electron chi connectivity index (χ4n) is 1.16. The second kappa shape index (κ2) is 7.49. The lowest BCUT2D eigenvalue weighted by atomic mass is 9.97. The Hall–Kier alpha value is -0.830. The van der Waals surface area contributed by atoms with Crippen molar-refractivity contribution in [2.45, 2.75) is 47.5 Å². The minimum Gasteiger partial charge on any atom is -0.461 e. The molecule has 0 radical (unpaired) electrons. The summed E-state index contributed by atoms with van der Waals surface area (Å²) in [6, 6.07) is 0. The normalized spacial score (nSPS) is 14.6. The Labute approximate surface area is 105 Å². The van der Waals surface area contributed by atoms with E-state index in [0.717, 1.165) is 18.4 Å². The molecule has 0 unspecified atom stereocenters. The number of carbonyl (C=O) groups is 1. The summed E-state index contributed by atoms with van der Waals surface area (Å²) in [6.45, 7) is 10.1. The SMILES string of the molecule is C/C(=C\CC[C@H](C)CO)COC(=O)C(C)(C)C. The summed E-state index contributed by atoms with van der Waals surface area (Å²) < 4.78 is 5.20. The molecule has 17 heavy (non-hydrogen) atoms. The molecule has 0 rings (SSSR count). The number of aliphatic hydroxyl groups is 1. The van der Waals surface area contributed by atoms with E-state index >= 15 is 0 Å². The molecule has 1 atom stereocenters. The van der Waals surface area contributed by atoms with Crippen molar-refractivity contribution in [2.24, 2.45) is 11.3 Å². The zero-order valence-corrected chi connectivity index (χ0v) is 11.7. The van der Waals surface area contributed by atoms with E-state index in [9.17, 15) is 4.79 Å². The number of hydrogen-bond acceptors (Lipinski definition) is 3. The standard InChI is InChI=1S/C14H26O3/c1-11(9-15)7-6-8-12(2)10-17-13(16)14(3,4)5/h8,11,15H,6-7,9-10H2,1-5H3/b12-8+/t11-/m0/s1. The summed E-state index contributed by atoms with van der Waals surface area (Å²) in [5.74, 6) is 0.158. The van der Waals surface area contributed by atoms with Crippen LogP contribution in [0.25, 0.3) is 0 Å². The quantitative estimate of drug-likeness (QED) is 0.575. The van der Waals surface area contributed by atoms with Crippen LogP contribution in [0.3, 0.4) is 0 Å². The molecule has 0 spiro atoms. The highest BCUT2D eigenvalue weighted by Crippen LogP contribution is 2.16. The largest absolute Gasteiger partial charge is 0.461 e. The molecule has 1 N–H and O–H groups in total. The number of ether oxygens (including phenoxy) is 1. The lowest BCUT2D eigenvalue weighted by Gasteiger charge is -2.16. The summed E-state index contributed by atoms with van der Waals surface area (Å²) in [6.07, 6.45) is 3.95. The van der Waals surface area contributed by atoms with Gasteiger partial charge in [0.1, 0.15) is 6.61 Å². The highest BCUT2D eigenvalue weighted by atomic mass is 16.5. The van der Waals surface area contributed by atoms with Crippen LogP contribution >= 0.6 is 0 Å². The fourth-order valence-corrected chi connectivity index (χ4v) is 1.16. The highest BCUT2D eigenvalue weighted by Gasteiger charge is 2.22. The van der Waals surface area contributed by atoms with Crippen LogP contribution in [0.1, 0.15) is 47.5 Å². The monoisotopic (exact) mass is 242 g/mol. The van der Waals surface area contributed by atoms with Gasteiger partial charge in [0.2, 0.25) is 0 Å². The molecule has 3 heteroatoms. The zero-order chi connectivity index (χ0) is 13.5. The Morgan fingerprint density at radius 3 is 2.47 bits per heavy atom. The van der Waals surface area contributed by atoms with Crippen molar-refractivity contribution in [1.82, 2.24) is 0 Å². The first kappa shape index (κ1) is 16.2. The van der Waals surface area contributed by atoms with Gasteiger partial charge < -0.3 is 9.84 Å². The Morgan fingerprint density at radius 1 is 1.41 bits per heavy atom. The van der Waals surface area contributed by atoms with Crippen LogP contribution in [-0.4, -0.2) is 24.3 Å². The topological polar surface area (TPSA) is 46.5 Å². The van der Waals surface area contributed by atoms with Crippen LogP contribution < -0.4 is 0 Å². The van der Waals surface area contributed by atoms with E-state index < -0.39 is 5.41 Å². The zero-order valence-electron chi connectivity index (χ0n) is 11.7. The van der Waals surface area contributed by atoms with Gasteiger partial charge in [-0.3, -0.25) is 4.79 Å². The smallest absolute Gasteiger partial charge is 0.311 e. The number of aliphatic hydroxyl groups excluding tert-OH is 1. The Kier molecular flexibility index (Phi) is 7.12. The molecular weight excluding hydrogens is 216 g/mol. The van der Waals surface area contributed by atoms with Gasteiger partial charge in [0, 0.05) is 6.61 Å². The van der Waals surface area contributed by atoms with Crippen LogP contribution in [0.4, 0.5) is 0 Å². The lowest BCUT2D eigenvalue weighted by molar-refractivity contribution is -0.151. The Morgan fingerprint density at radius 2 is 2.00 bits per heavy atom. The van der Waals surface area contributed by atoms with Crippen molar-refractivity contribution >= 4 is 5.97 Å². The van der Waals surface area contributed by atoms with Gasteiger partial charge in [-0.15, -0.1) is 0 Å². The second-order valence-electron chi connectivity index (χ2n) is 5.74. The molecule has 0 aromatic rings. The molecule has 0 bridgehead atoms. The second-order valence-corrected chi connectivity index (χ2v) is 5.74. The number of hydrogen-bond donors (Lipinski definition) is 1. The molecule has 0 aromatic carbocycles.